The van der Waals surface area contributed by atoms with Gasteiger partial charge in [-0.15, -0.1) is 0 Å². The number of hydrogen-bond acceptors (Lipinski definition) is 5. The van der Waals surface area contributed by atoms with Crippen LogP contribution in [0.25, 0.3) is 10.2 Å². The first-order valence-electron chi connectivity index (χ1n) is 6.67. The number of thiazole rings is 1. The standard InChI is InChI=1S/C15H14N2O4S2/c1-17-13-8-3-10(9-14(13)22-15(17)18)16-23(19,20)12-6-4-11(21-2)5-7-12/h3-9,16H,1-2H3. The Morgan fingerprint density at radius 2 is 1.83 bits per heavy atom. The van der Waals surface area contributed by atoms with Crippen molar-refractivity contribution < 1.29 is 13.2 Å². The molecule has 23 heavy (non-hydrogen) atoms. The molecule has 0 fully saturated rings. The second kappa shape index (κ2) is 5.71. The number of nitrogens with zero attached hydrogens (tertiary/aromatic N) is 1. The van der Waals surface area contributed by atoms with E-state index >= 15 is 0 Å². The van der Waals surface area contributed by atoms with Crippen molar-refractivity contribution in [1.29, 1.82) is 0 Å². The molecule has 0 unspecified atom stereocenters. The van der Waals surface area contributed by atoms with E-state index in [0.717, 1.165) is 21.6 Å². The topological polar surface area (TPSA) is 77.4 Å². The van der Waals surface area contributed by atoms with E-state index in [1.165, 1.54) is 23.8 Å². The van der Waals surface area contributed by atoms with Crippen molar-refractivity contribution in [1.82, 2.24) is 4.57 Å². The first-order valence-corrected chi connectivity index (χ1v) is 8.97. The molecule has 2 aromatic carbocycles. The molecule has 0 amide bonds. The van der Waals surface area contributed by atoms with Gasteiger partial charge in [-0.25, -0.2) is 8.42 Å². The van der Waals surface area contributed by atoms with Crippen LogP contribution < -0.4 is 14.3 Å². The second-order valence-corrected chi connectivity index (χ2v) is 7.57. The van der Waals surface area contributed by atoms with E-state index in [1.807, 2.05) is 0 Å². The third-order valence-electron chi connectivity index (χ3n) is 3.41. The Kier molecular flexibility index (Phi) is 3.87. The first-order chi connectivity index (χ1) is 10.9. The highest BCUT2D eigenvalue weighted by Crippen LogP contribution is 2.24. The van der Waals surface area contributed by atoms with E-state index in [9.17, 15) is 13.2 Å². The summed E-state index contributed by atoms with van der Waals surface area (Å²) in [5.74, 6) is 0.583. The molecular formula is C15H14N2O4S2. The normalized spacial score (nSPS) is 11.6. The monoisotopic (exact) mass is 350 g/mol. The molecule has 0 radical (unpaired) electrons. The highest BCUT2D eigenvalue weighted by molar-refractivity contribution is 7.92. The van der Waals surface area contributed by atoms with Gasteiger partial charge < -0.3 is 9.30 Å². The summed E-state index contributed by atoms with van der Waals surface area (Å²) in [5.41, 5.74) is 1.18. The molecule has 0 aliphatic heterocycles. The van der Waals surface area contributed by atoms with Gasteiger partial charge in [-0.1, -0.05) is 11.3 Å². The van der Waals surface area contributed by atoms with E-state index in [0.29, 0.717) is 11.4 Å². The van der Waals surface area contributed by atoms with Crippen molar-refractivity contribution in [2.24, 2.45) is 7.05 Å². The second-order valence-electron chi connectivity index (χ2n) is 4.89. The number of rotatable bonds is 4. The Morgan fingerprint density at radius 3 is 2.48 bits per heavy atom. The molecule has 0 saturated heterocycles. The fourth-order valence-corrected chi connectivity index (χ4v) is 4.13. The number of fused-ring (bicyclic) bond motifs is 1. The summed E-state index contributed by atoms with van der Waals surface area (Å²) in [5, 5.41) is 0. The number of aromatic nitrogens is 1. The number of sulfonamides is 1. The van der Waals surface area contributed by atoms with E-state index in [4.69, 9.17) is 4.74 Å². The maximum atomic E-state index is 12.4. The zero-order chi connectivity index (χ0) is 16.6. The highest BCUT2D eigenvalue weighted by Gasteiger charge is 2.15. The lowest BCUT2D eigenvalue weighted by molar-refractivity contribution is 0.414. The number of aryl methyl sites for hydroxylation is 1. The van der Waals surface area contributed by atoms with Crippen LogP contribution in [0.2, 0.25) is 0 Å². The third-order valence-corrected chi connectivity index (χ3v) is 5.81. The molecule has 3 aromatic rings. The molecule has 0 spiro atoms. The van der Waals surface area contributed by atoms with Gasteiger partial charge in [0.25, 0.3) is 10.0 Å². The fourth-order valence-electron chi connectivity index (χ4n) is 2.17. The van der Waals surface area contributed by atoms with E-state index < -0.39 is 10.0 Å². The lowest BCUT2D eigenvalue weighted by atomic mass is 10.3. The predicted octanol–water partition coefficient (Wildman–Crippen LogP) is 2.41. The van der Waals surface area contributed by atoms with E-state index in [1.54, 1.807) is 37.4 Å². The average Bonchev–Trinajstić information content (AvgIpc) is 2.81. The van der Waals surface area contributed by atoms with Gasteiger partial charge >= 0.3 is 4.87 Å². The van der Waals surface area contributed by atoms with Crippen molar-refractivity contribution in [3.05, 3.63) is 52.1 Å². The van der Waals surface area contributed by atoms with Crippen LogP contribution in [0.15, 0.2) is 52.2 Å². The van der Waals surface area contributed by atoms with Gasteiger partial charge in [0.2, 0.25) is 0 Å². The number of ether oxygens (including phenoxy) is 1. The van der Waals surface area contributed by atoms with Gasteiger partial charge in [-0.3, -0.25) is 9.52 Å². The molecule has 1 heterocycles. The Labute approximate surface area is 137 Å². The minimum absolute atomic E-state index is 0.0878. The van der Waals surface area contributed by atoms with Crippen LogP contribution in [0, 0.1) is 0 Å². The van der Waals surface area contributed by atoms with Crippen LogP contribution >= 0.6 is 11.3 Å². The Hall–Kier alpha value is -2.32. The maximum Gasteiger partial charge on any atom is 0.307 e. The van der Waals surface area contributed by atoms with Crippen molar-refractivity contribution >= 4 is 37.3 Å². The summed E-state index contributed by atoms with van der Waals surface area (Å²) < 4.78 is 34.6. The average molecular weight is 350 g/mol. The molecule has 0 saturated carbocycles. The molecule has 120 valence electrons. The minimum atomic E-state index is -3.70. The van der Waals surface area contributed by atoms with Crippen molar-refractivity contribution in [3.63, 3.8) is 0 Å². The third kappa shape index (κ3) is 2.95. The Bertz CT molecular complexity index is 1020. The van der Waals surface area contributed by atoms with Crippen LogP contribution in [-0.2, 0) is 17.1 Å². The molecule has 0 atom stereocenters. The van der Waals surface area contributed by atoms with Crippen LogP contribution in [0.4, 0.5) is 5.69 Å². The molecule has 3 rings (SSSR count). The van der Waals surface area contributed by atoms with Crippen LogP contribution in [-0.4, -0.2) is 20.1 Å². The highest BCUT2D eigenvalue weighted by atomic mass is 32.2. The molecular weight excluding hydrogens is 336 g/mol. The van der Waals surface area contributed by atoms with E-state index in [2.05, 4.69) is 4.72 Å². The number of hydrogen-bond donors (Lipinski definition) is 1. The Balaban J connectivity index is 1.94. The van der Waals surface area contributed by atoms with Gasteiger partial charge in [0.05, 0.1) is 27.9 Å². The number of methoxy groups -OCH3 is 1. The first kappa shape index (κ1) is 15.6. The summed E-state index contributed by atoms with van der Waals surface area (Å²) in [6, 6.07) is 11.1. The summed E-state index contributed by atoms with van der Waals surface area (Å²) >= 11 is 1.08. The summed E-state index contributed by atoms with van der Waals surface area (Å²) in [6.45, 7) is 0. The van der Waals surface area contributed by atoms with Crippen molar-refractivity contribution in [2.45, 2.75) is 4.90 Å². The van der Waals surface area contributed by atoms with Crippen molar-refractivity contribution in [2.75, 3.05) is 11.8 Å². The lowest BCUT2D eigenvalue weighted by Gasteiger charge is -2.09. The zero-order valence-corrected chi connectivity index (χ0v) is 14.1. The summed E-state index contributed by atoms with van der Waals surface area (Å²) in [7, 11) is -0.497. The molecule has 0 aliphatic carbocycles. The number of anilines is 1. The van der Waals surface area contributed by atoms with Gasteiger partial charge in [0.15, 0.2) is 0 Å². The van der Waals surface area contributed by atoms with Gasteiger partial charge in [0.1, 0.15) is 5.75 Å². The number of nitrogens with one attached hydrogen (secondary N) is 1. The van der Waals surface area contributed by atoms with Gasteiger partial charge in [0, 0.05) is 7.05 Å². The number of benzene rings is 2. The predicted molar refractivity (Wildman–Crippen MR) is 90.9 cm³/mol. The fraction of sp³-hybridized carbons (Fsp3) is 0.133. The smallest absolute Gasteiger partial charge is 0.307 e. The van der Waals surface area contributed by atoms with Gasteiger partial charge in [-0.2, -0.15) is 0 Å². The van der Waals surface area contributed by atoms with E-state index in [-0.39, 0.29) is 9.77 Å². The summed E-state index contributed by atoms with van der Waals surface area (Å²) in [6.07, 6.45) is 0. The maximum absolute atomic E-state index is 12.4. The van der Waals surface area contributed by atoms with Crippen LogP contribution in [0.1, 0.15) is 0 Å². The van der Waals surface area contributed by atoms with Crippen LogP contribution in [0.3, 0.4) is 0 Å². The zero-order valence-electron chi connectivity index (χ0n) is 12.4. The van der Waals surface area contributed by atoms with Crippen LogP contribution in [0.5, 0.6) is 5.75 Å². The molecule has 8 heteroatoms. The Morgan fingerprint density at radius 1 is 1.13 bits per heavy atom. The minimum Gasteiger partial charge on any atom is -0.497 e. The molecule has 1 aromatic heterocycles. The largest absolute Gasteiger partial charge is 0.497 e. The van der Waals surface area contributed by atoms with Crippen molar-refractivity contribution in [3.8, 4) is 5.75 Å². The van der Waals surface area contributed by atoms with Gasteiger partial charge in [-0.05, 0) is 42.5 Å². The molecule has 1 N–H and O–H groups in total. The molecule has 0 bridgehead atoms. The lowest BCUT2D eigenvalue weighted by Crippen LogP contribution is -2.12. The molecule has 6 nitrogen and oxygen atoms in total. The quantitative estimate of drug-likeness (QED) is 0.784. The SMILES string of the molecule is COc1ccc(S(=O)(=O)Nc2ccc3c(c2)sc(=O)n3C)cc1. The summed E-state index contributed by atoms with van der Waals surface area (Å²) in [4.78, 5) is 11.7. The molecule has 0 aliphatic rings.